The van der Waals surface area contributed by atoms with Gasteiger partial charge in [-0.3, -0.25) is 4.79 Å². The summed E-state index contributed by atoms with van der Waals surface area (Å²) in [6, 6.07) is 10.8. The second-order valence-corrected chi connectivity index (χ2v) is 8.89. The van der Waals surface area contributed by atoms with E-state index >= 15 is 0 Å². The lowest BCUT2D eigenvalue weighted by atomic mass is 10.1. The van der Waals surface area contributed by atoms with Crippen molar-refractivity contribution >= 4 is 23.2 Å². The van der Waals surface area contributed by atoms with Gasteiger partial charge in [-0.15, -0.1) is 20.4 Å². The van der Waals surface area contributed by atoms with Crippen molar-refractivity contribution in [1.82, 2.24) is 35.0 Å². The molecule has 1 amide bonds. The molecule has 180 valence electrons. The summed E-state index contributed by atoms with van der Waals surface area (Å²) >= 11 is 5.94. The Kier molecular flexibility index (Phi) is 6.54. The van der Waals surface area contributed by atoms with E-state index in [0.717, 1.165) is 43.6 Å². The van der Waals surface area contributed by atoms with Crippen molar-refractivity contribution in [3.8, 4) is 22.8 Å². The van der Waals surface area contributed by atoms with E-state index in [1.807, 2.05) is 11.5 Å². The zero-order chi connectivity index (χ0) is 24.4. The van der Waals surface area contributed by atoms with Gasteiger partial charge in [-0.2, -0.15) is 4.80 Å². The van der Waals surface area contributed by atoms with Crippen LogP contribution < -0.4 is 5.32 Å². The number of carbonyl (C=O) groups is 1. The van der Waals surface area contributed by atoms with Gasteiger partial charge < -0.3 is 9.88 Å². The van der Waals surface area contributed by atoms with Crippen molar-refractivity contribution in [2.75, 3.05) is 5.32 Å². The fraction of sp³-hybridized carbons (Fsp3) is 0.333. The molecule has 0 saturated carbocycles. The number of hydrogen-bond acceptors (Lipinski definition) is 6. The minimum Gasteiger partial charge on any atom is -0.324 e. The van der Waals surface area contributed by atoms with Crippen LogP contribution in [0.1, 0.15) is 44.5 Å². The number of aryl methyl sites for hydroxylation is 1. The molecule has 5 rings (SSSR count). The quantitative estimate of drug-likeness (QED) is 0.416. The van der Waals surface area contributed by atoms with Crippen LogP contribution in [0.25, 0.3) is 22.8 Å². The van der Waals surface area contributed by atoms with Gasteiger partial charge in [0, 0.05) is 29.2 Å². The lowest BCUT2D eigenvalue weighted by Crippen LogP contribution is -2.27. The van der Waals surface area contributed by atoms with Gasteiger partial charge >= 0.3 is 0 Å². The number of carbonyl (C=O) groups excluding carboxylic acids is 1. The van der Waals surface area contributed by atoms with Gasteiger partial charge in [0.2, 0.25) is 5.82 Å². The van der Waals surface area contributed by atoms with E-state index in [4.69, 9.17) is 11.6 Å². The normalized spacial score (nSPS) is 14.3. The molecule has 3 heterocycles. The molecule has 11 heteroatoms. The van der Waals surface area contributed by atoms with E-state index in [0.29, 0.717) is 34.3 Å². The lowest BCUT2D eigenvalue weighted by Gasteiger charge is -2.14. The van der Waals surface area contributed by atoms with Crippen LogP contribution in [0.5, 0.6) is 0 Å². The first-order valence-electron chi connectivity index (χ1n) is 11.6. The van der Waals surface area contributed by atoms with Crippen LogP contribution in [-0.4, -0.2) is 40.9 Å². The second kappa shape index (κ2) is 9.91. The SMILES string of the molecule is CCC(C(=O)Nc1ccc(F)c(-c2nnc3n2CCCCC3)c1)n1nnc(-c2ccc(Cl)cc2)n1. The first-order valence-corrected chi connectivity index (χ1v) is 12.0. The summed E-state index contributed by atoms with van der Waals surface area (Å²) in [5, 5.41) is 24.5. The summed E-state index contributed by atoms with van der Waals surface area (Å²) < 4.78 is 16.8. The number of benzene rings is 2. The molecule has 0 bridgehead atoms. The van der Waals surface area contributed by atoms with Crippen LogP contribution in [0, 0.1) is 5.82 Å². The molecule has 1 aliphatic heterocycles. The van der Waals surface area contributed by atoms with Crippen molar-refractivity contribution in [1.29, 1.82) is 0 Å². The molecule has 0 spiro atoms. The molecule has 1 N–H and O–H groups in total. The second-order valence-electron chi connectivity index (χ2n) is 8.45. The van der Waals surface area contributed by atoms with Crippen LogP contribution in [0.2, 0.25) is 5.02 Å². The number of halogens is 2. The lowest BCUT2D eigenvalue weighted by molar-refractivity contribution is -0.119. The molecule has 35 heavy (non-hydrogen) atoms. The third-order valence-electron chi connectivity index (χ3n) is 6.08. The van der Waals surface area contributed by atoms with Gasteiger partial charge in [-0.1, -0.05) is 24.9 Å². The molecular weight excluding hydrogens is 471 g/mol. The third-order valence-corrected chi connectivity index (χ3v) is 6.34. The smallest absolute Gasteiger partial charge is 0.251 e. The number of tetrazole rings is 1. The van der Waals surface area contributed by atoms with E-state index in [1.165, 1.54) is 16.9 Å². The van der Waals surface area contributed by atoms with Crippen LogP contribution in [0.3, 0.4) is 0 Å². The largest absolute Gasteiger partial charge is 0.324 e. The molecule has 0 saturated heterocycles. The topological polar surface area (TPSA) is 103 Å². The van der Waals surface area contributed by atoms with E-state index in [9.17, 15) is 9.18 Å². The van der Waals surface area contributed by atoms with Gasteiger partial charge in [0.1, 0.15) is 11.6 Å². The Bertz CT molecular complexity index is 1350. The molecule has 1 atom stereocenters. The molecule has 0 fully saturated rings. The number of nitrogens with one attached hydrogen (secondary N) is 1. The number of rotatable bonds is 6. The average molecular weight is 495 g/mol. The highest BCUT2D eigenvalue weighted by Gasteiger charge is 2.24. The Labute approximate surface area is 206 Å². The molecule has 1 aliphatic rings. The Balaban J connectivity index is 1.37. The van der Waals surface area contributed by atoms with Crippen LogP contribution in [0.4, 0.5) is 10.1 Å². The van der Waals surface area contributed by atoms with E-state index < -0.39 is 11.9 Å². The molecule has 9 nitrogen and oxygen atoms in total. The molecular formula is C24H24ClFN8O. The predicted molar refractivity (Wildman–Crippen MR) is 129 cm³/mol. The van der Waals surface area contributed by atoms with E-state index in [1.54, 1.807) is 30.3 Å². The van der Waals surface area contributed by atoms with Crippen molar-refractivity contribution in [3.05, 3.63) is 59.1 Å². The number of amides is 1. The number of fused-ring (bicyclic) bond motifs is 1. The average Bonchev–Trinajstić information content (AvgIpc) is 3.43. The standard InChI is InChI=1S/C24H24ClFN8O/c1-2-20(34-31-22(29-32-34)15-7-9-16(25)10-8-15)24(35)27-17-11-12-19(26)18(14-17)23-30-28-21-6-4-3-5-13-33(21)23/h7-12,14,20H,2-6,13H2,1H3,(H,27,35). The van der Waals surface area contributed by atoms with Gasteiger partial charge in [0.25, 0.3) is 5.91 Å². The zero-order valence-electron chi connectivity index (χ0n) is 19.2. The maximum atomic E-state index is 14.8. The van der Waals surface area contributed by atoms with Gasteiger partial charge in [0.15, 0.2) is 11.9 Å². The fourth-order valence-corrected chi connectivity index (χ4v) is 4.34. The zero-order valence-corrected chi connectivity index (χ0v) is 19.9. The monoisotopic (exact) mass is 494 g/mol. The predicted octanol–water partition coefficient (Wildman–Crippen LogP) is 4.71. The molecule has 0 radical (unpaired) electrons. The molecule has 2 aromatic carbocycles. The number of hydrogen-bond donors (Lipinski definition) is 1. The Hall–Kier alpha value is -3.66. The van der Waals surface area contributed by atoms with Crippen LogP contribution >= 0.6 is 11.6 Å². The summed E-state index contributed by atoms with van der Waals surface area (Å²) in [6.45, 7) is 2.61. The summed E-state index contributed by atoms with van der Waals surface area (Å²) in [5.74, 6) is 0.994. The molecule has 0 aliphatic carbocycles. The minimum absolute atomic E-state index is 0.306. The van der Waals surface area contributed by atoms with Gasteiger partial charge in [-0.05, 0) is 66.9 Å². The summed E-state index contributed by atoms with van der Waals surface area (Å²) in [4.78, 5) is 14.4. The van der Waals surface area contributed by atoms with Gasteiger partial charge in [0.05, 0.1) is 5.56 Å². The molecule has 2 aromatic heterocycles. The maximum Gasteiger partial charge on any atom is 0.251 e. The van der Waals surface area contributed by atoms with Gasteiger partial charge in [-0.25, -0.2) is 4.39 Å². The summed E-state index contributed by atoms with van der Waals surface area (Å²) in [6.07, 6.45) is 4.42. The first-order chi connectivity index (χ1) is 17.0. The summed E-state index contributed by atoms with van der Waals surface area (Å²) in [5.41, 5.74) is 1.50. The first kappa shape index (κ1) is 23.1. The maximum absolute atomic E-state index is 14.8. The highest BCUT2D eigenvalue weighted by molar-refractivity contribution is 6.30. The minimum atomic E-state index is -0.693. The Morgan fingerprint density at radius 2 is 1.94 bits per heavy atom. The fourth-order valence-electron chi connectivity index (χ4n) is 4.21. The molecule has 1 unspecified atom stereocenters. The molecule has 4 aromatic rings. The van der Waals surface area contributed by atoms with Crippen molar-refractivity contribution in [2.24, 2.45) is 0 Å². The van der Waals surface area contributed by atoms with Crippen molar-refractivity contribution in [2.45, 2.75) is 51.6 Å². The Morgan fingerprint density at radius 1 is 1.11 bits per heavy atom. The number of aromatic nitrogens is 7. The number of nitrogens with zero attached hydrogens (tertiary/aromatic N) is 7. The highest BCUT2D eigenvalue weighted by atomic mass is 35.5. The van der Waals surface area contributed by atoms with Crippen LogP contribution in [0.15, 0.2) is 42.5 Å². The third kappa shape index (κ3) is 4.79. The summed E-state index contributed by atoms with van der Waals surface area (Å²) in [7, 11) is 0. The van der Waals surface area contributed by atoms with E-state index in [-0.39, 0.29) is 5.91 Å². The van der Waals surface area contributed by atoms with Crippen molar-refractivity contribution < 1.29 is 9.18 Å². The number of anilines is 1. The Morgan fingerprint density at radius 3 is 2.74 bits per heavy atom. The van der Waals surface area contributed by atoms with E-state index in [2.05, 4.69) is 30.9 Å². The van der Waals surface area contributed by atoms with Crippen molar-refractivity contribution in [3.63, 3.8) is 0 Å². The highest BCUT2D eigenvalue weighted by Crippen LogP contribution is 2.28. The van der Waals surface area contributed by atoms with Crippen LogP contribution in [-0.2, 0) is 17.8 Å².